The largest absolute Gasteiger partial charge is 0.293 e. The number of thioether (sulfide) groups is 1. The molecule has 0 radical (unpaired) electrons. The van der Waals surface area contributed by atoms with E-state index >= 15 is 0 Å². The molecule has 0 aliphatic carbocycles. The van der Waals surface area contributed by atoms with Gasteiger partial charge >= 0.3 is 0 Å². The predicted octanol–water partition coefficient (Wildman–Crippen LogP) is 4.87. The van der Waals surface area contributed by atoms with E-state index in [1.165, 1.54) is 17.8 Å². The number of hydrogen-bond acceptors (Lipinski definition) is 5. The summed E-state index contributed by atoms with van der Waals surface area (Å²) < 4.78 is 0.555. The van der Waals surface area contributed by atoms with E-state index in [4.69, 9.17) is 23.8 Å². The van der Waals surface area contributed by atoms with Gasteiger partial charge in [-0.25, -0.2) is 0 Å². The van der Waals surface area contributed by atoms with Gasteiger partial charge < -0.3 is 0 Å². The molecule has 1 fully saturated rings. The molecule has 33 heavy (non-hydrogen) atoms. The predicted molar refractivity (Wildman–Crippen MR) is 137 cm³/mol. The highest BCUT2D eigenvalue weighted by atomic mass is 35.5. The summed E-state index contributed by atoms with van der Waals surface area (Å²) in [6, 6.07) is 14.4. The number of carbonyl (C=O) groups is 3. The standard InChI is InChI=1S/C24H24ClN3O3S2/c1-16-9-11-17(12-10-16)14-20-23(31)28(24(32)33-20)13-4-2-3-8-21(29)26-27-22(30)18-6-5-7-19(25)15-18/h5-7,9-12,14-15H,2-4,8,13H2,1H3,(H,26,29)(H,27,30)/b20-14-. The molecule has 1 saturated heterocycles. The number of unbranched alkanes of at least 4 members (excludes halogenated alkanes) is 2. The fourth-order valence-electron chi connectivity index (χ4n) is 3.13. The van der Waals surface area contributed by atoms with Crippen LogP contribution in [-0.4, -0.2) is 33.5 Å². The van der Waals surface area contributed by atoms with Crippen molar-refractivity contribution in [2.45, 2.75) is 32.6 Å². The van der Waals surface area contributed by atoms with E-state index in [9.17, 15) is 14.4 Å². The van der Waals surface area contributed by atoms with Crippen LogP contribution in [0.3, 0.4) is 0 Å². The average molecular weight is 502 g/mol. The Morgan fingerprint density at radius 3 is 2.58 bits per heavy atom. The van der Waals surface area contributed by atoms with Crippen molar-refractivity contribution in [2.75, 3.05) is 6.54 Å². The summed E-state index contributed by atoms with van der Waals surface area (Å²) in [5.41, 5.74) is 7.27. The number of benzene rings is 2. The number of amides is 3. The van der Waals surface area contributed by atoms with Gasteiger partial charge in [0.25, 0.3) is 11.8 Å². The number of halogens is 1. The molecule has 0 atom stereocenters. The first-order chi connectivity index (χ1) is 15.8. The second kappa shape index (κ2) is 12.0. The van der Waals surface area contributed by atoms with Gasteiger partial charge in [-0.1, -0.05) is 77.9 Å². The number of nitrogens with one attached hydrogen (secondary N) is 2. The molecule has 9 heteroatoms. The third-order valence-corrected chi connectivity index (χ3v) is 6.55. The second-order valence-corrected chi connectivity index (χ2v) is 9.68. The highest BCUT2D eigenvalue weighted by molar-refractivity contribution is 8.26. The summed E-state index contributed by atoms with van der Waals surface area (Å²) in [5.74, 6) is -0.789. The molecule has 6 nitrogen and oxygen atoms in total. The second-order valence-electron chi connectivity index (χ2n) is 7.57. The molecule has 1 aliphatic rings. The minimum absolute atomic E-state index is 0.0768. The van der Waals surface area contributed by atoms with Crippen molar-refractivity contribution in [1.29, 1.82) is 0 Å². The van der Waals surface area contributed by atoms with Gasteiger partial charge in [0.1, 0.15) is 4.32 Å². The number of rotatable bonds is 8. The number of hydrazine groups is 1. The first-order valence-corrected chi connectivity index (χ1v) is 12.1. The molecule has 0 aromatic heterocycles. The van der Waals surface area contributed by atoms with Crippen LogP contribution in [0.1, 0.15) is 47.2 Å². The number of hydrogen-bond donors (Lipinski definition) is 2. The van der Waals surface area contributed by atoms with Gasteiger partial charge in [-0.2, -0.15) is 0 Å². The van der Waals surface area contributed by atoms with E-state index in [1.807, 2.05) is 37.3 Å². The summed E-state index contributed by atoms with van der Waals surface area (Å²) in [7, 11) is 0. The van der Waals surface area contributed by atoms with Gasteiger partial charge in [0.15, 0.2) is 0 Å². The van der Waals surface area contributed by atoms with Crippen molar-refractivity contribution < 1.29 is 14.4 Å². The van der Waals surface area contributed by atoms with Crippen LogP contribution < -0.4 is 10.9 Å². The Balaban J connectivity index is 1.36. The minimum atomic E-state index is -0.432. The summed E-state index contributed by atoms with van der Waals surface area (Å²) in [6.07, 6.45) is 4.24. The van der Waals surface area contributed by atoms with Crippen LogP contribution in [-0.2, 0) is 9.59 Å². The molecular weight excluding hydrogens is 478 g/mol. The molecule has 0 saturated carbocycles. The molecule has 2 aromatic rings. The summed E-state index contributed by atoms with van der Waals surface area (Å²) in [4.78, 5) is 38.9. The van der Waals surface area contributed by atoms with E-state index in [0.29, 0.717) is 32.8 Å². The topological polar surface area (TPSA) is 78.5 Å². The Morgan fingerprint density at radius 1 is 1.09 bits per heavy atom. The zero-order valence-corrected chi connectivity index (χ0v) is 20.5. The van der Waals surface area contributed by atoms with Crippen molar-refractivity contribution >= 4 is 63.7 Å². The van der Waals surface area contributed by atoms with E-state index in [1.54, 1.807) is 23.1 Å². The molecule has 172 valence electrons. The van der Waals surface area contributed by atoms with Crippen LogP contribution in [0.2, 0.25) is 5.02 Å². The van der Waals surface area contributed by atoms with Crippen LogP contribution in [0.4, 0.5) is 0 Å². The molecule has 1 aliphatic heterocycles. The molecule has 0 bridgehead atoms. The Labute approximate surface area is 207 Å². The van der Waals surface area contributed by atoms with E-state index in [-0.39, 0.29) is 18.2 Å². The maximum absolute atomic E-state index is 12.7. The van der Waals surface area contributed by atoms with E-state index in [2.05, 4.69) is 10.9 Å². The minimum Gasteiger partial charge on any atom is -0.293 e. The first kappa shape index (κ1) is 25.0. The number of thiocarbonyl (C=S) groups is 1. The Hall–Kier alpha value is -2.68. The average Bonchev–Trinajstić information content (AvgIpc) is 3.06. The summed E-state index contributed by atoms with van der Waals surface area (Å²) in [5, 5.41) is 0.445. The lowest BCUT2D eigenvalue weighted by molar-refractivity contribution is -0.123. The maximum atomic E-state index is 12.7. The molecule has 2 aromatic carbocycles. The monoisotopic (exact) mass is 501 g/mol. The molecular formula is C24H24ClN3O3S2. The quantitative estimate of drug-likeness (QED) is 0.233. The molecule has 1 heterocycles. The smallest absolute Gasteiger partial charge is 0.269 e. The zero-order chi connectivity index (χ0) is 23.8. The van der Waals surface area contributed by atoms with Gasteiger partial charge in [0.2, 0.25) is 5.91 Å². The van der Waals surface area contributed by atoms with Gasteiger partial charge in [0, 0.05) is 23.6 Å². The Morgan fingerprint density at radius 2 is 1.85 bits per heavy atom. The normalized spacial score (nSPS) is 14.6. The van der Waals surface area contributed by atoms with Gasteiger partial charge in [0.05, 0.1) is 4.91 Å². The lowest BCUT2D eigenvalue weighted by atomic mass is 10.1. The van der Waals surface area contributed by atoms with E-state index in [0.717, 1.165) is 24.0 Å². The third kappa shape index (κ3) is 7.42. The van der Waals surface area contributed by atoms with Crippen LogP contribution in [0.5, 0.6) is 0 Å². The Kier molecular flexibility index (Phi) is 9.05. The maximum Gasteiger partial charge on any atom is 0.269 e. The number of aryl methyl sites for hydroxylation is 1. The molecule has 3 amide bonds. The van der Waals surface area contributed by atoms with Crippen LogP contribution in [0.15, 0.2) is 53.4 Å². The summed E-state index contributed by atoms with van der Waals surface area (Å²) in [6.45, 7) is 2.53. The lowest BCUT2D eigenvalue weighted by Crippen LogP contribution is -2.41. The van der Waals surface area contributed by atoms with Crippen molar-refractivity contribution in [3.05, 3.63) is 75.1 Å². The zero-order valence-electron chi connectivity index (χ0n) is 18.1. The number of carbonyl (C=O) groups excluding carboxylic acids is 3. The van der Waals surface area contributed by atoms with Crippen LogP contribution in [0, 0.1) is 6.92 Å². The molecule has 3 rings (SSSR count). The van der Waals surface area contributed by atoms with Crippen molar-refractivity contribution in [3.63, 3.8) is 0 Å². The SMILES string of the molecule is Cc1ccc(/C=C2\SC(=S)N(CCCCCC(=O)NNC(=O)c3cccc(Cl)c3)C2=O)cc1. The fraction of sp³-hybridized carbons (Fsp3) is 0.250. The highest BCUT2D eigenvalue weighted by Crippen LogP contribution is 2.32. The molecule has 2 N–H and O–H groups in total. The molecule has 0 spiro atoms. The third-order valence-electron chi connectivity index (χ3n) is 4.94. The highest BCUT2D eigenvalue weighted by Gasteiger charge is 2.31. The van der Waals surface area contributed by atoms with Crippen molar-refractivity contribution in [3.8, 4) is 0 Å². The van der Waals surface area contributed by atoms with Gasteiger partial charge in [-0.15, -0.1) is 0 Å². The van der Waals surface area contributed by atoms with Crippen LogP contribution in [0.25, 0.3) is 6.08 Å². The van der Waals surface area contributed by atoms with Crippen LogP contribution >= 0.6 is 35.6 Å². The fourth-order valence-corrected chi connectivity index (χ4v) is 4.63. The van der Waals surface area contributed by atoms with Crippen molar-refractivity contribution in [2.24, 2.45) is 0 Å². The Bertz CT molecular complexity index is 1090. The molecule has 0 unspecified atom stereocenters. The number of nitrogens with zero attached hydrogens (tertiary/aromatic N) is 1. The summed E-state index contributed by atoms with van der Waals surface area (Å²) >= 11 is 12.5. The van der Waals surface area contributed by atoms with E-state index < -0.39 is 5.91 Å². The van der Waals surface area contributed by atoms with Gasteiger partial charge in [-0.3, -0.25) is 30.1 Å². The lowest BCUT2D eigenvalue weighted by Gasteiger charge is -2.14. The van der Waals surface area contributed by atoms with Crippen molar-refractivity contribution in [1.82, 2.24) is 15.8 Å². The first-order valence-electron chi connectivity index (χ1n) is 10.5. The van der Waals surface area contributed by atoms with Gasteiger partial charge in [-0.05, 0) is 49.6 Å².